The van der Waals surface area contributed by atoms with Gasteiger partial charge >= 0.3 is 0 Å². The van der Waals surface area contributed by atoms with Crippen molar-refractivity contribution in [2.45, 2.75) is 0 Å². The van der Waals surface area contributed by atoms with Crippen molar-refractivity contribution in [2.75, 3.05) is 7.11 Å². The Morgan fingerprint density at radius 1 is 1.46 bits per heavy atom. The van der Waals surface area contributed by atoms with E-state index >= 15 is 0 Å². The van der Waals surface area contributed by atoms with Gasteiger partial charge < -0.3 is 4.74 Å². The number of hydrogen-bond donors (Lipinski definition) is 0. The molecule has 68 valence electrons. The van der Waals surface area contributed by atoms with Crippen LogP contribution in [0, 0.1) is 9.39 Å². The third-order valence-electron chi connectivity index (χ3n) is 1.77. The fourth-order valence-corrected chi connectivity index (χ4v) is 2.47. The number of fused-ring (bicyclic) bond motifs is 1. The van der Waals surface area contributed by atoms with Gasteiger partial charge in [0.2, 0.25) is 0 Å². The van der Waals surface area contributed by atoms with Crippen LogP contribution in [0.5, 0.6) is 5.06 Å². The lowest BCUT2D eigenvalue weighted by atomic mass is 10.2. The summed E-state index contributed by atoms with van der Waals surface area (Å²) >= 11 is 3.44. The average Bonchev–Trinajstić information content (AvgIpc) is 2.55. The molecule has 4 heteroatoms. The second-order valence-corrected chi connectivity index (χ2v) is 4.75. The lowest BCUT2D eigenvalue weighted by Crippen LogP contribution is -1.79. The van der Waals surface area contributed by atoms with Crippen molar-refractivity contribution in [3.63, 3.8) is 0 Å². The number of rotatable bonds is 1. The van der Waals surface area contributed by atoms with Gasteiger partial charge in [-0.2, -0.15) is 0 Å². The number of ether oxygens (including phenoxy) is 1. The molecule has 0 aliphatic heterocycles. The predicted octanol–water partition coefficient (Wildman–Crippen LogP) is 3.65. The molecule has 0 N–H and O–H groups in total. The zero-order valence-corrected chi connectivity index (χ0v) is 9.78. The predicted molar refractivity (Wildman–Crippen MR) is 61.1 cm³/mol. The Morgan fingerprint density at radius 2 is 2.23 bits per heavy atom. The molecule has 1 aromatic heterocycles. The molecule has 0 unspecified atom stereocenters. The van der Waals surface area contributed by atoms with E-state index in [0.717, 1.165) is 9.76 Å². The summed E-state index contributed by atoms with van der Waals surface area (Å²) in [6.45, 7) is 0. The lowest BCUT2D eigenvalue weighted by Gasteiger charge is -1.93. The van der Waals surface area contributed by atoms with Gasteiger partial charge in [-0.15, -0.1) is 0 Å². The Bertz CT molecular complexity index is 452. The van der Waals surface area contributed by atoms with E-state index in [1.54, 1.807) is 19.2 Å². The van der Waals surface area contributed by atoms with Gasteiger partial charge in [-0.05, 0) is 34.7 Å². The van der Waals surface area contributed by atoms with E-state index in [0.29, 0.717) is 8.96 Å². The highest BCUT2D eigenvalue weighted by molar-refractivity contribution is 14.1. The molecule has 0 aliphatic carbocycles. The molecule has 0 aliphatic rings. The van der Waals surface area contributed by atoms with Gasteiger partial charge in [0, 0.05) is 19.7 Å². The van der Waals surface area contributed by atoms with Gasteiger partial charge in [0.25, 0.3) is 0 Å². The van der Waals surface area contributed by atoms with E-state index in [9.17, 15) is 4.39 Å². The smallest absolute Gasteiger partial charge is 0.174 e. The summed E-state index contributed by atoms with van der Waals surface area (Å²) in [6, 6.07) is 5.42. The molecule has 1 nitrogen and oxygen atoms in total. The third kappa shape index (κ3) is 1.52. The van der Waals surface area contributed by atoms with Crippen LogP contribution in [0.1, 0.15) is 0 Å². The molecule has 1 heterocycles. The first-order chi connectivity index (χ1) is 6.22. The SMILES string of the molecule is COc1cc2c(F)c(I)ccc2s1. The first-order valence-corrected chi connectivity index (χ1v) is 5.53. The Hall–Kier alpha value is -0.360. The van der Waals surface area contributed by atoms with Crippen LogP contribution >= 0.6 is 33.9 Å². The van der Waals surface area contributed by atoms with Crippen molar-refractivity contribution in [3.8, 4) is 5.06 Å². The third-order valence-corrected chi connectivity index (χ3v) is 3.66. The average molecular weight is 308 g/mol. The summed E-state index contributed by atoms with van der Waals surface area (Å²) < 4.78 is 20.1. The van der Waals surface area contributed by atoms with Gasteiger partial charge in [0.1, 0.15) is 5.82 Å². The molecule has 13 heavy (non-hydrogen) atoms. The van der Waals surface area contributed by atoms with Crippen LogP contribution in [0.4, 0.5) is 4.39 Å². The van der Waals surface area contributed by atoms with Crippen LogP contribution in [0.15, 0.2) is 18.2 Å². The zero-order chi connectivity index (χ0) is 9.42. The summed E-state index contributed by atoms with van der Waals surface area (Å²) in [5, 5.41) is 1.39. The minimum absolute atomic E-state index is 0.155. The van der Waals surface area contributed by atoms with E-state index in [4.69, 9.17) is 4.74 Å². The molecule has 0 saturated heterocycles. The first kappa shape index (κ1) is 9.21. The largest absolute Gasteiger partial charge is 0.487 e. The maximum atomic E-state index is 13.5. The molecule has 2 aromatic rings. The van der Waals surface area contributed by atoms with Crippen LogP contribution in [0.25, 0.3) is 10.1 Å². The Balaban J connectivity index is 2.76. The fourth-order valence-electron chi connectivity index (χ4n) is 1.13. The molecular formula is C9H6FIOS. The topological polar surface area (TPSA) is 9.23 Å². The lowest BCUT2D eigenvalue weighted by molar-refractivity contribution is 0.427. The van der Waals surface area contributed by atoms with Crippen molar-refractivity contribution in [3.05, 3.63) is 27.6 Å². The summed E-state index contributed by atoms with van der Waals surface area (Å²) in [4.78, 5) is 0. The molecule has 1 aromatic carbocycles. The van der Waals surface area contributed by atoms with E-state index < -0.39 is 0 Å². The summed E-state index contributed by atoms with van der Waals surface area (Å²) in [6.07, 6.45) is 0. The maximum absolute atomic E-state index is 13.5. The molecule has 0 bridgehead atoms. The van der Waals surface area contributed by atoms with Crippen molar-refractivity contribution in [1.29, 1.82) is 0 Å². The number of benzene rings is 1. The second-order valence-electron chi connectivity index (χ2n) is 2.54. The molecule has 2 rings (SSSR count). The van der Waals surface area contributed by atoms with Gasteiger partial charge in [-0.3, -0.25) is 0 Å². The number of thiophene rings is 1. The molecular weight excluding hydrogens is 302 g/mol. The minimum Gasteiger partial charge on any atom is -0.487 e. The quantitative estimate of drug-likeness (QED) is 0.731. The molecule has 0 amide bonds. The summed E-state index contributed by atoms with van der Waals surface area (Å²) in [5.74, 6) is -0.155. The number of methoxy groups -OCH3 is 1. The van der Waals surface area contributed by atoms with Crippen LogP contribution in [0.2, 0.25) is 0 Å². The maximum Gasteiger partial charge on any atom is 0.174 e. The van der Waals surface area contributed by atoms with Crippen molar-refractivity contribution >= 4 is 44.0 Å². The van der Waals surface area contributed by atoms with E-state index in [2.05, 4.69) is 0 Å². The standard InChI is InChI=1S/C9H6FIOS/c1-12-8-4-5-7(13-8)3-2-6(11)9(5)10/h2-4H,1H3. The van der Waals surface area contributed by atoms with Crippen molar-refractivity contribution in [2.24, 2.45) is 0 Å². The van der Waals surface area contributed by atoms with E-state index in [1.807, 2.05) is 28.7 Å². The molecule has 0 atom stereocenters. The van der Waals surface area contributed by atoms with E-state index in [-0.39, 0.29) is 5.82 Å². The van der Waals surface area contributed by atoms with Gasteiger partial charge in [-0.25, -0.2) is 4.39 Å². The van der Waals surface area contributed by atoms with E-state index in [1.165, 1.54) is 11.3 Å². The number of hydrogen-bond acceptors (Lipinski definition) is 2. The number of halogens is 2. The highest BCUT2D eigenvalue weighted by Crippen LogP contribution is 2.34. The molecule has 0 radical (unpaired) electrons. The van der Waals surface area contributed by atoms with Gasteiger partial charge in [-0.1, -0.05) is 11.3 Å². The van der Waals surface area contributed by atoms with Crippen LogP contribution < -0.4 is 4.74 Å². The monoisotopic (exact) mass is 308 g/mol. The van der Waals surface area contributed by atoms with Crippen molar-refractivity contribution < 1.29 is 9.13 Å². The Morgan fingerprint density at radius 3 is 2.92 bits per heavy atom. The fraction of sp³-hybridized carbons (Fsp3) is 0.111. The highest BCUT2D eigenvalue weighted by atomic mass is 127. The normalized spacial score (nSPS) is 10.7. The molecule has 0 spiro atoms. The van der Waals surface area contributed by atoms with Crippen molar-refractivity contribution in [1.82, 2.24) is 0 Å². The summed E-state index contributed by atoms with van der Waals surface area (Å²) in [5.41, 5.74) is 0. The first-order valence-electron chi connectivity index (χ1n) is 3.64. The molecule has 0 fully saturated rings. The van der Waals surface area contributed by atoms with Gasteiger partial charge in [0.15, 0.2) is 5.06 Å². The van der Waals surface area contributed by atoms with Gasteiger partial charge in [0.05, 0.1) is 7.11 Å². The molecule has 0 saturated carbocycles. The summed E-state index contributed by atoms with van der Waals surface area (Å²) in [7, 11) is 1.59. The van der Waals surface area contributed by atoms with Crippen LogP contribution in [-0.2, 0) is 0 Å². The van der Waals surface area contributed by atoms with Crippen LogP contribution in [0.3, 0.4) is 0 Å². The highest BCUT2D eigenvalue weighted by Gasteiger charge is 2.08. The second kappa shape index (κ2) is 3.42. The Labute approximate surface area is 92.7 Å². The van der Waals surface area contributed by atoms with Crippen LogP contribution in [-0.4, -0.2) is 7.11 Å². The zero-order valence-electron chi connectivity index (χ0n) is 6.80. The minimum atomic E-state index is -0.155. The Kier molecular flexibility index (Phi) is 2.42.